The summed E-state index contributed by atoms with van der Waals surface area (Å²) in [5, 5.41) is 13.9. The van der Waals surface area contributed by atoms with Gasteiger partial charge in [0.05, 0.1) is 6.42 Å². The quantitative estimate of drug-likeness (QED) is 0.652. The second kappa shape index (κ2) is 5.00. The Hall–Kier alpha value is -1.26. The summed E-state index contributed by atoms with van der Waals surface area (Å²) >= 11 is 0. The van der Waals surface area contributed by atoms with Gasteiger partial charge in [-0.25, -0.2) is 4.79 Å². The molecule has 0 aromatic carbocycles. The van der Waals surface area contributed by atoms with Crippen LogP contribution < -0.4 is 10.6 Å². The predicted octanol–water partition coefficient (Wildman–Crippen LogP) is 0.947. The number of rotatable bonds is 4. The predicted molar refractivity (Wildman–Crippen MR) is 55.6 cm³/mol. The Morgan fingerprint density at radius 3 is 2.53 bits per heavy atom. The lowest BCUT2D eigenvalue weighted by atomic mass is 9.82. The molecule has 86 valence electrons. The Balaban J connectivity index is 2.15. The average molecular weight is 214 g/mol. The van der Waals surface area contributed by atoms with Crippen LogP contribution >= 0.6 is 0 Å². The van der Waals surface area contributed by atoms with Crippen molar-refractivity contribution in [3.8, 4) is 0 Å². The third-order valence-electron chi connectivity index (χ3n) is 2.57. The van der Waals surface area contributed by atoms with E-state index < -0.39 is 5.97 Å². The maximum absolute atomic E-state index is 11.3. The Morgan fingerprint density at radius 2 is 2.07 bits per heavy atom. The molecule has 1 unspecified atom stereocenters. The van der Waals surface area contributed by atoms with E-state index in [4.69, 9.17) is 5.11 Å². The minimum atomic E-state index is -0.903. The molecule has 0 bridgehead atoms. The van der Waals surface area contributed by atoms with Crippen molar-refractivity contribution in [1.29, 1.82) is 0 Å². The number of hydrogen-bond donors (Lipinski definition) is 3. The van der Waals surface area contributed by atoms with E-state index in [-0.39, 0.29) is 24.5 Å². The minimum absolute atomic E-state index is 0.0471. The smallest absolute Gasteiger partial charge is 0.315 e. The largest absolute Gasteiger partial charge is 0.481 e. The summed E-state index contributed by atoms with van der Waals surface area (Å²) in [6.45, 7) is 3.82. The topological polar surface area (TPSA) is 78.4 Å². The summed E-state index contributed by atoms with van der Waals surface area (Å²) in [6, 6.07) is -0.335. The van der Waals surface area contributed by atoms with Crippen LogP contribution in [0.4, 0.5) is 4.79 Å². The number of urea groups is 1. The van der Waals surface area contributed by atoms with Gasteiger partial charge < -0.3 is 15.7 Å². The number of nitrogens with one attached hydrogen (secondary N) is 2. The van der Waals surface area contributed by atoms with Crippen LogP contribution in [0, 0.1) is 5.92 Å². The molecule has 1 aliphatic rings. The van der Waals surface area contributed by atoms with Gasteiger partial charge in [-0.05, 0) is 25.7 Å². The highest BCUT2D eigenvalue weighted by Gasteiger charge is 2.26. The fourth-order valence-corrected chi connectivity index (χ4v) is 1.78. The molecule has 0 aromatic heterocycles. The molecule has 1 saturated carbocycles. The minimum Gasteiger partial charge on any atom is -0.481 e. The first-order chi connectivity index (χ1) is 6.97. The van der Waals surface area contributed by atoms with E-state index in [9.17, 15) is 9.59 Å². The number of carboxylic acids is 1. The summed E-state index contributed by atoms with van der Waals surface area (Å²) < 4.78 is 0. The van der Waals surface area contributed by atoms with Gasteiger partial charge in [0.1, 0.15) is 0 Å². The summed E-state index contributed by atoms with van der Waals surface area (Å²) in [5.74, 6) is -0.216. The number of aliphatic carboxylic acids is 1. The second-order valence-corrected chi connectivity index (χ2v) is 4.39. The maximum atomic E-state index is 11.3. The highest BCUT2D eigenvalue weighted by Crippen LogP contribution is 2.25. The molecule has 1 rings (SSSR count). The van der Waals surface area contributed by atoms with Crippen LogP contribution in [0.25, 0.3) is 0 Å². The van der Waals surface area contributed by atoms with Gasteiger partial charge >= 0.3 is 12.0 Å². The first-order valence-corrected chi connectivity index (χ1v) is 5.26. The Morgan fingerprint density at radius 1 is 1.47 bits per heavy atom. The zero-order valence-electron chi connectivity index (χ0n) is 9.12. The third kappa shape index (κ3) is 4.18. The van der Waals surface area contributed by atoms with Crippen molar-refractivity contribution < 1.29 is 14.7 Å². The molecule has 0 aromatic rings. The van der Waals surface area contributed by atoms with Crippen LogP contribution in [0.5, 0.6) is 0 Å². The number of carboxylic acid groups (broad SMARTS) is 1. The Labute approximate surface area is 89.2 Å². The van der Waals surface area contributed by atoms with Gasteiger partial charge in [0.15, 0.2) is 0 Å². The van der Waals surface area contributed by atoms with Crippen LogP contribution in [0.3, 0.4) is 0 Å². The molecule has 2 amide bonds. The normalized spacial score (nSPS) is 26.3. The molecule has 15 heavy (non-hydrogen) atoms. The summed E-state index contributed by atoms with van der Waals surface area (Å²) in [4.78, 5) is 21.7. The molecule has 0 aliphatic heterocycles. The zero-order chi connectivity index (χ0) is 11.4. The highest BCUT2D eigenvalue weighted by atomic mass is 16.4. The third-order valence-corrected chi connectivity index (χ3v) is 2.57. The van der Waals surface area contributed by atoms with E-state index >= 15 is 0 Å². The molecule has 1 fully saturated rings. The lowest BCUT2D eigenvalue weighted by molar-refractivity contribution is -0.137. The molecule has 0 spiro atoms. The summed E-state index contributed by atoms with van der Waals surface area (Å²) in [5.41, 5.74) is 0. The molecular formula is C10H18N2O3. The lowest BCUT2D eigenvalue weighted by Crippen LogP contribution is -2.50. The van der Waals surface area contributed by atoms with Crippen LogP contribution in [-0.4, -0.2) is 29.2 Å². The molecule has 0 heterocycles. The van der Waals surface area contributed by atoms with E-state index in [0.29, 0.717) is 5.92 Å². The summed E-state index contributed by atoms with van der Waals surface area (Å²) in [6.07, 6.45) is 1.98. The first kappa shape index (κ1) is 11.8. The van der Waals surface area contributed by atoms with Crippen LogP contribution in [-0.2, 0) is 4.79 Å². The van der Waals surface area contributed by atoms with E-state index in [0.717, 1.165) is 12.8 Å². The molecule has 1 aliphatic carbocycles. The fourth-order valence-electron chi connectivity index (χ4n) is 1.78. The SMILES string of the molecule is CC1CC(NC(=O)NC(C)CC(=O)O)C1. The molecule has 1 atom stereocenters. The van der Waals surface area contributed by atoms with Crippen molar-refractivity contribution in [3.05, 3.63) is 0 Å². The van der Waals surface area contributed by atoms with E-state index in [1.54, 1.807) is 6.92 Å². The fraction of sp³-hybridized carbons (Fsp3) is 0.800. The van der Waals surface area contributed by atoms with E-state index in [1.807, 2.05) is 0 Å². The van der Waals surface area contributed by atoms with Crippen molar-refractivity contribution in [2.24, 2.45) is 5.92 Å². The summed E-state index contributed by atoms with van der Waals surface area (Å²) in [7, 11) is 0. The number of carbonyl (C=O) groups is 2. The number of hydrogen-bond acceptors (Lipinski definition) is 2. The van der Waals surface area contributed by atoms with Crippen molar-refractivity contribution in [1.82, 2.24) is 10.6 Å². The average Bonchev–Trinajstić information content (AvgIpc) is 1.98. The standard InChI is InChI=1S/C10H18N2O3/c1-6-3-8(4-6)12-10(15)11-7(2)5-9(13)14/h6-8H,3-5H2,1-2H3,(H,13,14)(H2,11,12,15). The molecule has 0 saturated heterocycles. The second-order valence-electron chi connectivity index (χ2n) is 4.39. The highest BCUT2D eigenvalue weighted by molar-refractivity contribution is 5.76. The van der Waals surface area contributed by atoms with Crippen molar-refractivity contribution >= 4 is 12.0 Å². The van der Waals surface area contributed by atoms with Gasteiger partial charge in [-0.15, -0.1) is 0 Å². The van der Waals surface area contributed by atoms with Gasteiger partial charge in [0, 0.05) is 12.1 Å². The van der Waals surface area contributed by atoms with Gasteiger partial charge in [-0.2, -0.15) is 0 Å². The van der Waals surface area contributed by atoms with E-state index in [2.05, 4.69) is 17.6 Å². The molecule has 5 nitrogen and oxygen atoms in total. The molecule has 5 heteroatoms. The van der Waals surface area contributed by atoms with Crippen LogP contribution in [0.2, 0.25) is 0 Å². The van der Waals surface area contributed by atoms with Gasteiger partial charge in [0.2, 0.25) is 0 Å². The van der Waals surface area contributed by atoms with Gasteiger partial charge in [-0.1, -0.05) is 6.92 Å². The Bertz CT molecular complexity index is 249. The molecule has 0 radical (unpaired) electrons. The van der Waals surface area contributed by atoms with Gasteiger partial charge in [0.25, 0.3) is 0 Å². The van der Waals surface area contributed by atoms with Gasteiger partial charge in [-0.3, -0.25) is 4.79 Å². The number of amides is 2. The van der Waals surface area contributed by atoms with Crippen LogP contribution in [0.15, 0.2) is 0 Å². The van der Waals surface area contributed by atoms with Crippen molar-refractivity contribution in [2.45, 2.75) is 45.2 Å². The number of carbonyl (C=O) groups excluding carboxylic acids is 1. The van der Waals surface area contributed by atoms with Crippen LogP contribution in [0.1, 0.15) is 33.1 Å². The maximum Gasteiger partial charge on any atom is 0.315 e. The molecule has 3 N–H and O–H groups in total. The molecular weight excluding hydrogens is 196 g/mol. The monoisotopic (exact) mass is 214 g/mol. The van der Waals surface area contributed by atoms with E-state index in [1.165, 1.54) is 0 Å². The Kier molecular flexibility index (Phi) is 3.94. The lowest BCUT2D eigenvalue weighted by Gasteiger charge is -2.33. The van der Waals surface area contributed by atoms with Crippen molar-refractivity contribution in [3.63, 3.8) is 0 Å². The first-order valence-electron chi connectivity index (χ1n) is 5.26. The zero-order valence-corrected chi connectivity index (χ0v) is 9.12. The van der Waals surface area contributed by atoms with Crippen molar-refractivity contribution in [2.75, 3.05) is 0 Å².